The summed E-state index contributed by atoms with van der Waals surface area (Å²) in [6.45, 7) is 3.89. The maximum Gasteiger partial charge on any atom is 0.373 e. The molecule has 0 aromatic heterocycles. The normalized spacial score (nSPS) is 9.38. The molecule has 0 aromatic carbocycles. The lowest BCUT2D eigenvalue weighted by atomic mass is 10.6. The summed E-state index contributed by atoms with van der Waals surface area (Å²) >= 11 is 0. The summed E-state index contributed by atoms with van der Waals surface area (Å²) in [7, 11) is 1.34. The van der Waals surface area contributed by atoms with Gasteiger partial charge in [-0.2, -0.15) is 0 Å². The summed E-state index contributed by atoms with van der Waals surface area (Å²) in [5.41, 5.74) is 0. The predicted molar refractivity (Wildman–Crippen MR) is 45.0 cm³/mol. The molecular weight excluding hydrogens is 176 g/mol. The van der Waals surface area contributed by atoms with Crippen molar-refractivity contribution >= 4 is 5.97 Å². The van der Waals surface area contributed by atoms with Gasteiger partial charge in [-0.3, -0.25) is 0 Å². The Balaban J connectivity index is 3.32. The molecule has 0 rings (SSSR count). The van der Waals surface area contributed by atoms with Crippen LogP contribution in [-0.4, -0.2) is 44.6 Å². The van der Waals surface area contributed by atoms with Crippen LogP contribution in [0.3, 0.4) is 0 Å². The zero-order valence-corrected chi connectivity index (χ0v) is 7.62. The predicted octanol–water partition coefficient (Wildman–Crippen LogP) is -0.301. The van der Waals surface area contributed by atoms with Gasteiger partial charge in [0.25, 0.3) is 0 Å². The van der Waals surface area contributed by atoms with E-state index in [1.54, 1.807) is 0 Å². The van der Waals surface area contributed by atoms with Gasteiger partial charge in [-0.25, -0.2) is 4.79 Å². The molecule has 0 atom stereocenters. The molecule has 0 spiro atoms. The van der Waals surface area contributed by atoms with Gasteiger partial charge >= 0.3 is 5.97 Å². The summed E-state index contributed by atoms with van der Waals surface area (Å²) in [6.07, 6.45) is 0. The highest BCUT2D eigenvalue weighted by molar-refractivity contribution is 5.85. The van der Waals surface area contributed by atoms with Crippen LogP contribution in [-0.2, 0) is 19.0 Å². The number of hydrogen-bond donors (Lipinski definition) is 1. The molecular formula is C8H14O5. The van der Waals surface area contributed by atoms with Gasteiger partial charge in [0.05, 0.1) is 26.9 Å². The van der Waals surface area contributed by atoms with Crippen molar-refractivity contribution in [1.82, 2.24) is 0 Å². The first-order chi connectivity index (χ1) is 6.22. The van der Waals surface area contributed by atoms with E-state index in [9.17, 15) is 4.79 Å². The minimum atomic E-state index is -0.602. The lowest BCUT2D eigenvalue weighted by molar-refractivity contribution is -0.144. The highest BCUT2D eigenvalue weighted by atomic mass is 16.6. The van der Waals surface area contributed by atoms with Crippen LogP contribution in [0.5, 0.6) is 0 Å². The SMILES string of the molecule is C=C(OC)C(=O)OCCOCCO. The van der Waals surface area contributed by atoms with Crippen LogP contribution in [0.25, 0.3) is 0 Å². The van der Waals surface area contributed by atoms with Crippen LogP contribution in [0.1, 0.15) is 0 Å². The fraction of sp³-hybridized carbons (Fsp3) is 0.625. The molecule has 0 aliphatic carbocycles. The van der Waals surface area contributed by atoms with Gasteiger partial charge in [0, 0.05) is 0 Å². The van der Waals surface area contributed by atoms with E-state index in [4.69, 9.17) is 9.84 Å². The largest absolute Gasteiger partial charge is 0.490 e. The minimum absolute atomic E-state index is 0.0397. The number of hydrogen-bond acceptors (Lipinski definition) is 5. The van der Waals surface area contributed by atoms with Gasteiger partial charge in [-0.15, -0.1) is 0 Å². The lowest BCUT2D eigenvalue weighted by Crippen LogP contribution is -2.13. The molecule has 0 saturated carbocycles. The van der Waals surface area contributed by atoms with Gasteiger partial charge in [-0.05, 0) is 6.58 Å². The molecule has 0 aliphatic rings. The van der Waals surface area contributed by atoms with Gasteiger partial charge in [0.15, 0.2) is 5.76 Å². The van der Waals surface area contributed by atoms with Crippen molar-refractivity contribution in [2.24, 2.45) is 0 Å². The van der Waals surface area contributed by atoms with Gasteiger partial charge in [0.1, 0.15) is 6.61 Å². The highest BCUT2D eigenvalue weighted by Gasteiger charge is 2.06. The van der Waals surface area contributed by atoms with Crippen molar-refractivity contribution in [2.75, 3.05) is 33.5 Å². The Labute approximate surface area is 76.9 Å². The van der Waals surface area contributed by atoms with Gasteiger partial charge in [-0.1, -0.05) is 0 Å². The third-order valence-corrected chi connectivity index (χ3v) is 1.17. The molecule has 0 saturated heterocycles. The molecule has 5 nitrogen and oxygen atoms in total. The summed E-state index contributed by atoms with van der Waals surface area (Å²) in [4.78, 5) is 10.9. The Morgan fingerprint density at radius 3 is 2.62 bits per heavy atom. The summed E-state index contributed by atoms with van der Waals surface area (Å²) in [5, 5.41) is 8.33. The zero-order chi connectivity index (χ0) is 10.1. The van der Waals surface area contributed by atoms with Crippen molar-refractivity contribution in [3.05, 3.63) is 12.3 Å². The van der Waals surface area contributed by atoms with Crippen molar-refractivity contribution < 1.29 is 24.1 Å². The molecule has 0 unspecified atom stereocenters. The topological polar surface area (TPSA) is 65.0 Å². The van der Waals surface area contributed by atoms with Gasteiger partial charge in [0.2, 0.25) is 0 Å². The van der Waals surface area contributed by atoms with E-state index < -0.39 is 5.97 Å². The Hall–Kier alpha value is -1.07. The summed E-state index contributed by atoms with van der Waals surface area (Å²) in [6, 6.07) is 0. The van der Waals surface area contributed by atoms with Gasteiger partial charge < -0.3 is 19.3 Å². The molecule has 76 valence electrons. The first kappa shape index (κ1) is 11.9. The molecule has 0 heterocycles. The smallest absolute Gasteiger partial charge is 0.373 e. The molecule has 0 fully saturated rings. The van der Waals surface area contributed by atoms with Crippen molar-refractivity contribution in [3.8, 4) is 0 Å². The van der Waals surface area contributed by atoms with E-state index in [-0.39, 0.29) is 32.2 Å². The van der Waals surface area contributed by atoms with E-state index in [0.29, 0.717) is 0 Å². The zero-order valence-electron chi connectivity index (χ0n) is 7.62. The molecule has 0 bridgehead atoms. The lowest BCUT2D eigenvalue weighted by Gasteiger charge is -2.05. The number of ether oxygens (including phenoxy) is 3. The van der Waals surface area contributed by atoms with E-state index in [1.165, 1.54) is 7.11 Å². The average molecular weight is 190 g/mol. The fourth-order valence-electron chi connectivity index (χ4n) is 0.524. The Morgan fingerprint density at radius 2 is 2.08 bits per heavy atom. The van der Waals surface area contributed by atoms with E-state index >= 15 is 0 Å². The fourth-order valence-corrected chi connectivity index (χ4v) is 0.524. The number of rotatable bonds is 7. The van der Waals surface area contributed by atoms with Crippen LogP contribution < -0.4 is 0 Å². The molecule has 0 amide bonds. The molecule has 0 radical (unpaired) electrons. The van der Waals surface area contributed by atoms with E-state index in [0.717, 1.165) is 0 Å². The standard InChI is InChI=1S/C8H14O5/c1-7(11-2)8(10)13-6-5-12-4-3-9/h9H,1,3-6H2,2H3. The maximum absolute atomic E-state index is 10.9. The van der Waals surface area contributed by atoms with Crippen LogP contribution >= 0.6 is 0 Å². The molecule has 0 aliphatic heterocycles. The third-order valence-electron chi connectivity index (χ3n) is 1.17. The van der Waals surface area contributed by atoms with Crippen molar-refractivity contribution in [3.63, 3.8) is 0 Å². The number of carbonyl (C=O) groups is 1. The van der Waals surface area contributed by atoms with Crippen molar-refractivity contribution in [2.45, 2.75) is 0 Å². The number of aliphatic hydroxyl groups excluding tert-OH is 1. The second kappa shape index (κ2) is 7.57. The maximum atomic E-state index is 10.9. The first-order valence-corrected chi connectivity index (χ1v) is 3.81. The Kier molecular flexibility index (Phi) is 6.95. The molecule has 13 heavy (non-hydrogen) atoms. The first-order valence-electron chi connectivity index (χ1n) is 3.81. The Morgan fingerprint density at radius 1 is 1.38 bits per heavy atom. The van der Waals surface area contributed by atoms with E-state index in [2.05, 4.69) is 16.1 Å². The highest BCUT2D eigenvalue weighted by Crippen LogP contribution is 1.94. The second-order valence-corrected chi connectivity index (χ2v) is 2.10. The summed E-state index contributed by atoms with van der Waals surface area (Å²) in [5.74, 6) is -0.641. The molecule has 0 aromatic rings. The van der Waals surface area contributed by atoms with Crippen LogP contribution in [0.4, 0.5) is 0 Å². The van der Waals surface area contributed by atoms with Crippen LogP contribution in [0, 0.1) is 0 Å². The number of esters is 1. The quantitative estimate of drug-likeness (QED) is 0.258. The minimum Gasteiger partial charge on any atom is -0.490 e. The monoisotopic (exact) mass is 190 g/mol. The van der Waals surface area contributed by atoms with Crippen LogP contribution in [0.2, 0.25) is 0 Å². The molecule has 5 heteroatoms. The summed E-state index contributed by atoms with van der Waals surface area (Å²) < 4.78 is 14.1. The third kappa shape index (κ3) is 6.12. The average Bonchev–Trinajstić information content (AvgIpc) is 2.16. The Bertz CT molecular complexity index is 166. The van der Waals surface area contributed by atoms with Crippen molar-refractivity contribution in [1.29, 1.82) is 0 Å². The number of carbonyl (C=O) groups excluding carboxylic acids is 1. The molecule has 1 N–H and O–H groups in total. The second-order valence-electron chi connectivity index (χ2n) is 2.10. The van der Waals surface area contributed by atoms with Crippen LogP contribution in [0.15, 0.2) is 12.3 Å². The number of aliphatic hydroxyl groups is 1. The number of methoxy groups -OCH3 is 1. The van der Waals surface area contributed by atoms with E-state index in [1.807, 2.05) is 0 Å².